The summed E-state index contributed by atoms with van der Waals surface area (Å²) in [6, 6.07) is 11.9. The minimum absolute atomic E-state index is 0.0485. The largest absolute Gasteiger partial charge is 0.438 e. The highest BCUT2D eigenvalue weighted by atomic mass is 32.2. The molecule has 11 heteroatoms. The van der Waals surface area contributed by atoms with Gasteiger partial charge in [0.25, 0.3) is 15.9 Å². The smallest absolute Gasteiger partial charge is 0.281 e. The van der Waals surface area contributed by atoms with Crippen molar-refractivity contribution in [1.82, 2.24) is 24.7 Å². The first kappa shape index (κ1) is 26.2. The van der Waals surface area contributed by atoms with E-state index in [1.54, 1.807) is 37.5 Å². The fraction of sp³-hybridized carbons (Fsp3) is 0.250. The zero-order valence-electron chi connectivity index (χ0n) is 22.0. The van der Waals surface area contributed by atoms with Crippen molar-refractivity contribution in [2.75, 3.05) is 5.32 Å². The minimum Gasteiger partial charge on any atom is -0.438 e. The SMILES string of the molecule is Cc1cc(C)c(Oc2nc(-c3cnc(NC4CC4)nc3)ccc2C(=O)NS(=O)(=O)c2cccc(C)n2)c(C)c1. The van der Waals surface area contributed by atoms with Crippen LogP contribution < -0.4 is 14.8 Å². The van der Waals surface area contributed by atoms with Crippen LogP contribution in [0.3, 0.4) is 0 Å². The highest BCUT2D eigenvalue weighted by Gasteiger charge is 2.25. The topological polar surface area (TPSA) is 136 Å². The number of sulfonamides is 1. The third kappa shape index (κ3) is 6.04. The zero-order valence-corrected chi connectivity index (χ0v) is 22.8. The summed E-state index contributed by atoms with van der Waals surface area (Å²) in [5.74, 6) is 0.125. The molecule has 0 saturated heterocycles. The van der Waals surface area contributed by atoms with E-state index in [9.17, 15) is 13.2 Å². The highest BCUT2D eigenvalue weighted by Crippen LogP contribution is 2.32. The Hall–Kier alpha value is -4.38. The molecule has 0 radical (unpaired) electrons. The van der Waals surface area contributed by atoms with Crippen LogP contribution in [0.15, 0.2) is 59.9 Å². The number of hydrogen-bond donors (Lipinski definition) is 2. The Kier molecular flexibility index (Phi) is 7.00. The van der Waals surface area contributed by atoms with Gasteiger partial charge < -0.3 is 10.1 Å². The van der Waals surface area contributed by atoms with Crippen LogP contribution in [0.1, 0.15) is 45.6 Å². The first-order chi connectivity index (χ1) is 18.6. The van der Waals surface area contributed by atoms with Gasteiger partial charge in [-0.2, -0.15) is 8.42 Å². The number of carbonyl (C=O) groups is 1. The van der Waals surface area contributed by atoms with Gasteiger partial charge in [0, 0.05) is 29.7 Å². The molecule has 1 saturated carbocycles. The number of nitrogens with one attached hydrogen (secondary N) is 2. The molecule has 10 nitrogen and oxygen atoms in total. The average Bonchev–Trinajstić information content (AvgIpc) is 3.70. The molecule has 3 heterocycles. The number of hydrogen-bond acceptors (Lipinski definition) is 9. The standard InChI is InChI=1S/C28H28N6O4S/c1-16-12-17(2)25(18(3)13-16)38-27-22(26(35)34-39(36,37)24-7-5-6-19(4)31-24)10-11-23(33-27)20-14-29-28(30-15-20)32-21-8-9-21/h5-7,10-15,21H,8-9H2,1-4H3,(H,34,35)(H,29,30,32). The molecular weight excluding hydrogens is 516 g/mol. The molecule has 0 unspecified atom stereocenters. The molecule has 5 rings (SSSR count). The van der Waals surface area contributed by atoms with Crippen LogP contribution in [0.25, 0.3) is 11.3 Å². The number of amides is 1. The summed E-state index contributed by atoms with van der Waals surface area (Å²) < 4.78 is 34.1. The third-order valence-corrected chi connectivity index (χ3v) is 7.36. The maximum absolute atomic E-state index is 13.3. The van der Waals surface area contributed by atoms with E-state index >= 15 is 0 Å². The molecule has 0 spiro atoms. The van der Waals surface area contributed by atoms with Gasteiger partial charge in [-0.05, 0) is 75.9 Å². The van der Waals surface area contributed by atoms with Gasteiger partial charge in [0.2, 0.25) is 11.8 Å². The van der Waals surface area contributed by atoms with Crippen molar-refractivity contribution in [3.8, 4) is 22.9 Å². The minimum atomic E-state index is -4.23. The predicted molar refractivity (Wildman–Crippen MR) is 146 cm³/mol. The second-order valence-electron chi connectivity index (χ2n) is 9.64. The van der Waals surface area contributed by atoms with Gasteiger partial charge in [0.1, 0.15) is 11.3 Å². The normalized spacial score (nSPS) is 13.1. The fourth-order valence-corrected chi connectivity index (χ4v) is 5.10. The van der Waals surface area contributed by atoms with E-state index in [2.05, 4.69) is 30.0 Å². The first-order valence-corrected chi connectivity index (χ1v) is 13.9. The first-order valence-electron chi connectivity index (χ1n) is 12.5. The van der Waals surface area contributed by atoms with Gasteiger partial charge in [-0.15, -0.1) is 0 Å². The maximum Gasteiger partial charge on any atom is 0.281 e. The van der Waals surface area contributed by atoms with Crippen molar-refractivity contribution < 1.29 is 17.9 Å². The van der Waals surface area contributed by atoms with Gasteiger partial charge in [0.05, 0.1) is 5.69 Å². The van der Waals surface area contributed by atoms with Gasteiger partial charge in [-0.1, -0.05) is 23.8 Å². The van der Waals surface area contributed by atoms with Crippen LogP contribution in [0.4, 0.5) is 5.95 Å². The Balaban J connectivity index is 1.51. The van der Waals surface area contributed by atoms with Gasteiger partial charge >= 0.3 is 0 Å². The summed E-state index contributed by atoms with van der Waals surface area (Å²) in [4.78, 5) is 30.6. The highest BCUT2D eigenvalue weighted by molar-refractivity contribution is 7.90. The number of aryl methyl sites for hydroxylation is 4. The summed E-state index contributed by atoms with van der Waals surface area (Å²) in [6.07, 6.45) is 5.48. The molecule has 0 atom stereocenters. The van der Waals surface area contributed by atoms with E-state index in [-0.39, 0.29) is 16.5 Å². The van der Waals surface area contributed by atoms with Crippen molar-refractivity contribution >= 4 is 21.9 Å². The Bertz CT molecular complexity index is 1650. The molecule has 2 N–H and O–H groups in total. The monoisotopic (exact) mass is 544 g/mol. The second-order valence-corrected chi connectivity index (χ2v) is 11.3. The molecule has 0 aliphatic heterocycles. The van der Waals surface area contributed by atoms with Crippen molar-refractivity contribution in [1.29, 1.82) is 0 Å². The lowest BCUT2D eigenvalue weighted by atomic mass is 10.1. The molecule has 3 aromatic heterocycles. The summed E-state index contributed by atoms with van der Waals surface area (Å²) in [5, 5.41) is 2.98. The molecule has 1 amide bonds. The molecule has 1 aromatic carbocycles. The number of nitrogens with zero attached hydrogens (tertiary/aromatic N) is 4. The van der Waals surface area contributed by atoms with Crippen LogP contribution in [0.5, 0.6) is 11.6 Å². The van der Waals surface area contributed by atoms with Crippen LogP contribution in [-0.4, -0.2) is 40.3 Å². The number of ether oxygens (including phenoxy) is 1. The molecule has 200 valence electrons. The van der Waals surface area contributed by atoms with E-state index in [0.29, 0.717) is 34.7 Å². The molecule has 1 aliphatic rings. The predicted octanol–water partition coefficient (Wildman–Crippen LogP) is 4.65. The van der Waals surface area contributed by atoms with Crippen molar-refractivity contribution in [3.63, 3.8) is 0 Å². The third-order valence-electron chi connectivity index (χ3n) is 6.13. The Morgan fingerprint density at radius 3 is 2.28 bits per heavy atom. The average molecular weight is 545 g/mol. The summed E-state index contributed by atoms with van der Waals surface area (Å²) >= 11 is 0. The lowest BCUT2D eigenvalue weighted by Gasteiger charge is -2.16. The van der Waals surface area contributed by atoms with E-state index in [1.807, 2.05) is 32.9 Å². The van der Waals surface area contributed by atoms with Crippen LogP contribution in [0.2, 0.25) is 0 Å². The number of anilines is 1. The molecular formula is C28H28N6O4S. The van der Waals surface area contributed by atoms with Gasteiger partial charge in [-0.25, -0.2) is 24.7 Å². The lowest BCUT2D eigenvalue weighted by Crippen LogP contribution is -2.31. The van der Waals surface area contributed by atoms with Crippen molar-refractivity contribution in [3.05, 3.63) is 82.8 Å². The number of rotatable bonds is 8. The summed E-state index contributed by atoms with van der Waals surface area (Å²) in [5.41, 5.74) is 4.29. The van der Waals surface area contributed by atoms with E-state index < -0.39 is 15.9 Å². The number of carbonyl (C=O) groups excluding carboxylic acids is 1. The van der Waals surface area contributed by atoms with E-state index in [0.717, 1.165) is 29.5 Å². The van der Waals surface area contributed by atoms with E-state index in [1.165, 1.54) is 12.1 Å². The lowest BCUT2D eigenvalue weighted by molar-refractivity contribution is 0.0978. The quantitative estimate of drug-likeness (QED) is 0.325. The van der Waals surface area contributed by atoms with Crippen LogP contribution in [-0.2, 0) is 10.0 Å². The Morgan fingerprint density at radius 2 is 1.64 bits per heavy atom. The fourth-order valence-electron chi connectivity index (χ4n) is 4.12. The Labute approximate surface area is 227 Å². The number of benzene rings is 1. The second kappa shape index (κ2) is 10.4. The number of pyridine rings is 2. The zero-order chi connectivity index (χ0) is 27.7. The van der Waals surface area contributed by atoms with Crippen LogP contribution in [0, 0.1) is 27.7 Å². The molecule has 0 bridgehead atoms. The molecule has 1 aliphatic carbocycles. The Morgan fingerprint density at radius 1 is 0.949 bits per heavy atom. The van der Waals surface area contributed by atoms with Crippen molar-refractivity contribution in [2.24, 2.45) is 0 Å². The number of aromatic nitrogens is 4. The molecule has 4 aromatic rings. The maximum atomic E-state index is 13.3. The van der Waals surface area contributed by atoms with Crippen LogP contribution >= 0.6 is 0 Å². The summed E-state index contributed by atoms with van der Waals surface area (Å²) in [7, 11) is -4.23. The van der Waals surface area contributed by atoms with Crippen molar-refractivity contribution in [2.45, 2.75) is 51.6 Å². The van der Waals surface area contributed by atoms with E-state index in [4.69, 9.17) is 4.74 Å². The summed E-state index contributed by atoms with van der Waals surface area (Å²) in [6.45, 7) is 7.44. The van der Waals surface area contributed by atoms with Gasteiger partial charge in [-0.3, -0.25) is 4.79 Å². The van der Waals surface area contributed by atoms with Gasteiger partial charge in [0.15, 0.2) is 5.03 Å². The molecule has 39 heavy (non-hydrogen) atoms. The molecule has 1 fully saturated rings.